The van der Waals surface area contributed by atoms with Crippen molar-refractivity contribution in [2.24, 2.45) is 0 Å². The summed E-state index contributed by atoms with van der Waals surface area (Å²) < 4.78 is 0. The molecule has 0 nitrogen and oxygen atoms in total. The van der Waals surface area contributed by atoms with E-state index >= 15 is 0 Å². The van der Waals surface area contributed by atoms with Crippen molar-refractivity contribution >= 4 is 12.2 Å². The molecule has 2 aromatic rings. The van der Waals surface area contributed by atoms with Crippen LogP contribution in [0.3, 0.4) is 0 Å². The van der Waals surface area contributed by atoms with Gasteiger partial charge in [-0.1, -0.05) is 71.8 Å². The van der Waals surface area contributed by atoms with E-state index in [1.165, 1.54) is 22.3 Å². The van der Waals surface area contributed by atoms with E-state index in [0.29, 0.717) is 0 Å². The van der Waals surface area contributed by atoms with E-state index in [4.69, 9.17) is 0 Å². The lowest BCUT2D eigenvalue weighted by atomic mass is 10.0. The summed E-state index contributed by atoms with van der Waals surface area (Å²) in [4.78, 5) is 0. The minimum absolute atomic E-state index is 1.13. The molecule has 2 aliphatic carbocycles. The molecule has 0 heteroatoms. The van der Waals surface area contributed by atoms with Crippen LogP contribution in [0.25, 0.3) is 12.2 Å². The summed E-state index contributed by atoms with van der Waals surface area (Å²) in [5.74, 6) is 0. The van der Waals surface area contributed by atoms with Crippen LogP contribution in [0.5, 0.6) is 0 Å². The van der Waals surface area contributed by atoms with E-state index < -0.39 is 0 Å². The number of allylic oxidation sites excluding steroid dienone is 2. The Hall–Kier alpha value is -2.08. The van der Waals surface area contributed by atoms with Crippen LogP contribution in [0.2, 0.25) is 0 Å². The largest absolute Gasteiger partial charge is 0.0619 e. The highest BCUT2D eigenvalue weighted by Gasteiger charge is 2.16. The van der Waals surface area contributed by atoms with Gasteiger partial charge in [-0.25, -0.2) is 0 Å². The van der Waals surface area contributed by atoms with Crippen molar-refractivity contribution < 1.29 is 0 Å². The van der Waals surface area contributed by atoms with Gasteiger partial charge in [0, 0.05) is 0 Å². The third-order valence-corrected chi connectivity index (χ3v) is 4.12. The zero-order valence-electron chi connectivity index (χ0n) is 10.9. The van der Waals surface area contributed by atoms with Crippen molar-refractivity contribution in [1.82, 2.24) is 0 Å². The lowest BCUT2D eigenvalue weighted by Crippen LogP contribution is -1.89. The number of benzene rings is 2. The predicted molar refractivity (Wildman–Crippen MR) is 80.9 cm³/mol. The van der Waals surface area contributed by atoms with Gasteiger partial charge in [-0.15, -0.1) is 0 Å². The van der Waals surface area contributed by atoms with Crippen LogP contribution in [0, 0.1) is 0 Å². The molecule has 0 saturated carbocycles. The highest BCUT2D eigenvalue weighted by molar-refractivity contribution is 5.68. The van der Waals surface area contributed by atoms with E-state index in [2.05, 4.69) is 60.7 Å². The first-order valence-electron chi connectivity index (χ1n) is 6.93. The van der Waals surface area contributed by atoms with Crippen LogP contribution >= 0.6 is 0 Å². The van der Waals surface area contributed by atoms with Crippen molar-refractivity contribution in [2.75, 3.05) is 0 Å². The fraction of sp³-hybridized carbons (Fsp3) is 0.158. The maximum absolute atomic E-state index is 2.37. The Morgan fingerprint density at radius 1 is 0.632 bits per heavy atom. The zero-order chi connectivity index (χ0) is 12.7. The molecular formula is C19H16. The molecule has 0 radical (unpaired) electrons. The number of hydrogen-bond acceptors (Lipinski definition) is 0. The Kier molecular flexibility index (Phi) is 2.41. The SMILES string of the molecule is C1=C(CC2=Cc3ccccc3C2)Cc2ccccc21. The standard InChI is InChI=1S/C19H16/c1-2-6-17-11-14(10-16(17)5-1)9-15-12-18-7-3-4-8-19(18)13-15/h1-8,10,12H,9,11,13H2. The molecule has 4 rings (SSSR count). The molecular weight excluding hydrogens is 228 g/mol. The fourth-order valence-corrected chi connectivity index (χ4v) is 3.22. The molecule has 2 aromatic carbocycles. The maximum atomic E-state index is 2.37. The fourth-order valence-electron chi connectivity index (χ4n) is 3.22. The Balaban J connectivity index is 1.54. The zero-order valence-corrected chi connectivity index (χ0v) is 10.9. The average Bonchev–Trinajstić information content (AvgIpc) is 3.00. The van der Waals surface area contributed by atoms with Gasteiger partial charge in [0.1, 0.15) is 0 Å². The molecule has 0 spiro atoms. The van der Waals surface area contributed by atoms with Crippen LogP contribution in [-0.4, -0.2) is 0 Å². The lowest BCUT2D eigenvalue weighted by molar-refractivity contribution is 1.01. The molecule has 0 aromatic heterocycles. The summed E-state index contributed by atoms with van der Waals surface area (Å²) in [5.41, 5.74) is 8.89. The Labute approximate surface area is 114 Å². The summed E-state index contributed by atoms with van der Waals surface area (Å²) in [6.07, 6.45) is 8.13. The first-order valence-corrected chi connectivity index (χ1v) is 6.93. The monoisotopic (exact) mass is 244 g/mol. The normalized spacial score (nSPS) is 15.8. The van der Waals surface area contributed by atoms with E-state index in [9.17, 15) is 0 Å². The van der Waals surface area contributed by atoms with Crippen molar-refractivity contribution in [3.63, 3.8) is 0 Å². The molecule has 0 fully saturated rings. The highest BCUT2D eigenvalue weighted by Crippen LogP contribution is 2.33. The smallest absolute Gasteiger partial charge is 0.00546 e. The molecule has 0 saturated heterocycles. The topological polar surface area (TPSA) is 0 Å². The van der Waals surface area contributed by atoms with Gasteiger partial charge in [0.15, 0.2) is 0 Å². The quantitative estimate of drug-likeness (QED) is 0.721. The van der Waals surface area contributed by atoms with Crippen molar-refractivity contribution in [3.8, 4) is 0 Å². The molecule has 92 valence electrons. The molecule has 0 aliphatic heterocycles. The Morgan fingerprint density at radius 3 is 1.58 bits per heavy atom. The summed E-state index contributed by atoms with van der Waals surface area (Å²) in [6.45, 7) is 0. The number of hydrogen-bond donors (Lipinski definition) is 0. The van der Waals surface area contributed by atoms with E-state index in [-0.39, 0.29) is 0 Å². The van der Waals surface area contributed by atoms with Gasteiger partial charge in [0.25, 0.3) is 0 Å². The van der Waals surface area contributed by atoms with Crippen LogP contribution < -0.4 is 0 Å². The van der Waals surface area contributed by atoms with Crippen LogP contribution in [0.4, 0.5) is 0 Å². The highest BCUT2D eigenvalue weighted by atomic mass is 14.2. The van der Waals surface area contributed by atoms with Gasteiger partial charge in [0.05, 0.1) is 0 Å². The second-order valence-corrected chi connectivity index (χ2v) is 5.53. The minimum Gasteiger partial charge on any atom is -0.0619 e. The van der Waals surface area contributed by atoms with Gasteiger partial charge < -0.3 is 0 Å². The molecule has 0 amide bonds. The van der Waals surface area contributed by atoms with Crippen LogP contribution in [0.15, 0.2) is 59.7 Å². The van der Waals surface area contributed by atoms with E-state index in [1.54, 1.807) is 11.1 Å². The summed E-state index contributed by atoms with van der Waals surface area (Å²) in [5, 5.41) is 0. The second-order valence-electron chi connectivity index (χ2n) is 5.53. The molecule has 0 heterocycles. The third-order valence-electron chi connectivity index (χ3n) is 4.12. The van der Waals surface area contributed by atoms with E-state index in [0.717, 1.165) is 19.3 Å². The average molecular weight is 244 g/mol. The maximum Gasteiger partial charge on any atom is -0.00546 e. The minimum atomic E-state index is 1.13. The number of fused-ring (bicyclic) bond motifs is 2. The predicted octanol–water partition coefficient (Wildman–Crippen LogP) is 4.66. The molecule has 0 atom stereocenters. The van der Waals surface area contributed by atoms with E-state index in [1.807, 2.05) is 0 Å². The summed E-state index contributed by atoms with van der Waals surface area (Å²) in [6, 6.07) is 17.5. The molecule has 19 heavy (non-hydrogen) atoms. The number of rotatable bonds is 2. The third kappa shape index (κ3) is 1.94. The Morgan fingerprint density at radius 2 is 1.11 bits per heavy atom. The molecule has 0 unspecified atom stereocenters. The first-order chi connectivity index (χ1) is 9.38. The lowest BCUT2D eigenvalue weighted by Gasteiger charge is -2.03. The summed E-state index contributed by atoms with van der Waals surface area (Å²) in [7, 11) is 0. The molecule has 0 bridgehead atoms. The Bertz CT molecular complexity index is 640. The second kappa shape index (κ2) is 4.24. The van der Waals surface area contributed by atoms with Gasteiger partial charge in [-0.2, -0.15) is 0 Å². The van der Waals surface area contributed by atoms with Gasteiger partial charge in [-0.3, -0.25) is 0 Å². The van der Waals surface area contributed by atoms with Crippen molar-refractivity contribution in [1.29, 1.82) is 0 Å². The van der Waals surface area contributed by atoms with Crippen molar-refractivity contribution in [2.45, 2.75) is 19.3 Å². The first kappa shape index (κ1) is 10.8. The van der Waals surface area contributed by atoms with Gasteiger partial charge >= 0.3 is 0 Å². The van der Waals surface area contributed by atoms with Crippen LogP contribution in [-0.2, 0) is 12.8 Å². The van der Waals surface area contributed by atoms with Crippen LogP contribution in [0.1, 0.15) is 28.7 Å². The van der Waals surface area contributed by atoms with Gasteiger partial charge in [-0.05, 0) is 41.5 Å². The van der Waals surface area contributed by atoms with Crippen molar-refractivity contribution in [3.05, 3.63) is 81.9 Å². The summed E-state index contributed by atoms with van der Waals surface area (Å²) >= 11 is 0. The molecule has 2 aliphatic rings. The van der Waals surface area contributed by atoms with Gasteiger partial charge in [0.2, 0.25) is 0 Å². The molecule has 0 N–H and O–H groups in total.